The highest BCUT2D eigenvalue weighted by Gasteiger charge is 2.12. The molecule has 1 aromatic carbocycles. The van der Waals surface area contributed by atoms with Gasteiger partial charge < -0.3 is 10.5 Å². The summed E-state index contributed by atoms with van der Waals surface area (Å²) in [5.74, 6) is 0.689. The third kappa shape index (κ3) is 5.59. The van der Waals surface area contributed by atoms with Gasteiger partial charge in [0, 0.05) is 13.1 Å². The van der Waals surface area contributed by atoms with E-state index in [4.69, 9.17) is 10.5 Å². The quantitative estimate of drug-likeness (QED) is 0.674. The maximum atomic E-state index is 11.8. The summed E-state index contributed by atoms with van der Waals surface area (Å²) in [6.07, 6.45) is 3.29. The lowest BCUT2D eigenvalue weighted by Crippen LogP contribution is -2.29. The molecule has 3 N–H and O–H groups in total. The van der Waals surface area contributed by atoms with E-state index >= 15 is 0 Å². The van der Waals surface area contributed by atoms with E-state index in [1.807, 2.05) is 0 Å². The van der Waals surface area contributed by atoms with Gasteiger partial charge in [0.05, 0.1) is 11.5 Å². The first-order valence-corrected chi connectivity index (χ1v) is 8.01. The zero-order valence-electron chi connectivity index (χ0n) is 11.3. The molecule has 0 radical (unpaired) electrons. The highest BCUT2D eigenvalue weighted by Crippen LogP contribution is 2.16. The molecule has 0 fully saturated rings. The smallest absolute Gasteiger partial charge is 0.240 e. The van der Waals surface area contributed by atoms with Crippen LogP contribution in [-0.2, 0) is 10.0 Å². The second-order valence-corrected chi connectivity index (χ2v) is 5.98. The van der Waals surface area contributed by atoms with Crippen LogP contribution in [0.4, 0.5) is 0 Å². The Hall–Kier alpha value is -1.11. The van der Waals surface area contributed by atoms with Gasteiger partial charge in [-0.15, -0.1) is 0 Å². The predicted molar refractivity (Wildman–Crippen MR) is 75.7 cm³/mol. The molecule has 0 spiro atoms. The summed E-state index contributed by atoms with van der Waals surface area (Å²) >= 11 is 0. The standard InChI is InChI=1S/C13H22N2O3S/c1-2-3-4-11-18-12-5-7-13(8-6-12)19(16,17)15-10-9-14/h5-8,15H,2-4,9-11,14H2,1H3. The number of unbranched alkanes of at least 4 members (excludes halogenated alkanes) is 2. The minimum absolute atomic E-state index is 0.224. The Morgan fingerprint density at radius 3 is 2.47 bits per heavy atom. The van der Waals surface area contributed by atoms with Gasteiger partial charge in [0.15, 0.2) is 0 Å². The third-order valence-corrected chi connectivity index (χ3v) is 4.06. The first-order chi connectivity index (χ1) is 9.10. The van der Waals surface area contributed by atoms with E-state index < -0.39 is 10.0 Å². The van der Waals surface area contributed by atoms with E-state index in [-0.39, 0.29) is 18.0 Å². The van der Waals surface area contributed by atoms with Crippen molar-refractivity contribution < 1.29 is 13.2 Å². The van der Waals surface area contributed by atoms with Crippen LogP contribution in [0.25, 0.3) is 0 Å². The lowest BCUT2D eigenvalue weighted by Gasteiger charge is -2.08. The zero-order valence-corrected chi connectivity index (χ0v) is 12.1. The molecule has 6 heteroatoms. The molecule has 0 aliphatic carbocycles. The number of benzene rings is 1. The van der Waals surface area contributed by atoms with E-state index in [0.29, 0.717) is 12.4 Å². The fourth-order valence-electron chi connectivity index (χ4n) is 1.53. The van der Waals surface area contributed by atoms with E-state index in [9.17, 15) is 8.42 Å². The number of rotatable bonds is 9. The summed E-state index contributed by atoms with van der Waals surface area (Å²) in [7, 11) is -3.45. The summed E-state index contributed by atoms with van der Waals surface area (Å²) in [6, 6.07) is 6.41. The first kappa shape index (κ1) is 15.9. The number of nitrogens with one attached hydrogen (secondary N) is 1. The lowest BCUT2D eigenvalue weighted by atomic mass is 10.3. The molecule has 19 heavy (non-hydrogen) atoms. The van der Waals surface area contributed by atoms with Crippen LogP contribution in [0.5, 0.6) is 5.75 Å². The van der Waals surface area contributed by atoms with Crippen molar-refractivity contribution >= 4 is 10.0 Å². The number of nitrogens with two attached hydrogens (primary N) is 1. The van der Waals surface area contributed by atoms with Gasteiger partial charge in [0.25, 0.3) is 0 Å². The minimum Gasteiger partial charge on any atom is -0.494 e. The monoisotopic (exact) mass is 286 g/mol. The van der Waals surface area contributed by atoms with Crippen LogP contribution < -0.4 is 15.2 Å². The highest BCUT2D eigenvalue weighted by molar-refractivity contribution is 7.89. The topological polar surface area (TPSA) is 81.4 Å². The van der Waals surface area contributed by atoms with Crippen LogP contribution in [0, 0.1) is 0 Å². The Morgan fingerprint density at radius 2 is 1.89 bits per heavy atom. The molecule has 0 aliphatic rings. The van der Waals surface area contributed by atoms with E-state index in [1.165, 1.54) is 12.1 Å². The molecule has 0 amide bonds. The van der Waals surface area contributed by atoms with Crippen molar-refractivity contribution in [3.8, 4) is 5.75 Å². The fourth-order valence-corrected chi connectivity index (χ4v) is 2.58. The maximum absolute atomic E-state index is 11.8. The largest absolute Gasteiger partial charge is 0.494 e. The Bertz CT molecular complexity index is 457. The van der Waals surface area contributed by atoms with E-state index in [0.717, 1.165) is 19.3 Å². The van der Waals surface area contributed by atoms with Crippen LogP contribution in [0.1, 0.15) is 26.2 Å². The molecule has 1 rings (SSSR count). The van der Waals surface area contributed by atoms with Gasteiger partial charge in [-0.25, -0.2) is 13.1 Å². The van der Waals surface area contributed by atoms with Crippen molar-refractivity contribution in [1.82, 2.24) is 4.72 Å². The maximum Gasteiger partial charge on any atom is 0.240 e. The Kier molecular flexibility index (Phi) is 6.83. The van der Waals surface area contributed by atoms with Crippen molar-refractivity contribution in [2.75, 3.05) is 19.7 Å². The summed E-state index contributed by atoms with van der Waals surface area (Å²) in [4.78, 5) is 0.224. The molecule has 0 unspecified atom stereocenters. The fraction of sp³-hybridized carbons (Fsp3) is 0.538. The van der Waals surface area contributed by atoms with Gasteiger partial charge in [0.2, 0.25) is 10.0 Å². The average Bonchev–Trinajstić information content (AvgIpc) is 2.42. The molecule has 0 aromatic heterocycles. The predicted octanol–water partition coefficient (Wildman–Crippen LogP) is 1.49. The van der Waals surface area contributed by atoms with E-state index in [2.05, 4.69) is 11.6 Å². The number of ether oxygens (including phenoxy) is 1. The third-order valence-electron chi connectivity index (χ3n) is 2.59. The molecule has 1 aromatic rings. The number of hydrogen-bond donors (Lipinski definition) is 2. The molecule has 108 valence electrons. The van der Waals surface area contributed by atoms with Crippen molar-refractivity contribution in [1.29, 1.82) is 0 Å². The molecule has 0 bridgehead atoms. The highest BCUT2D eigenvalue weighted by atomic mass is 32.2. The van der Waals surface area contributed by atoms with Crippen molar-refractivity contribution in [2.45, 2.75) is 31.1 Å². The van der Waals surface area contributed by atoms with Crippen LogP contribution >= 0.6 is 0 Å². The molecular weight excluding hydrogens is 264 g/mol. The second kappa shape index (κ2) is 8.14. The SMILES string of the molecule is CCCCCOc1ccc(S(=O)(=O)NCCN)cc1. The summed E-state index contributed by atoms with van der Waals surface area (Å²) in [5.41, 5.74) is 5.27. The van der Waals surface area contributed by atoms with Crippen molar-refractivity contribution in [2.24, 2.45) is 5.73 Å². The van der Waals surface area contributed by atoms with Gasteiger partial charge in [-0.2, -0.15) is 0 Å². The Balaban J connectivity index is 2.56. The van der Waals surface area contributed by atoms with Crippen molar-refractivity contribution in [3.05, 3.63) is 24.3 Å². The molecule has 0 saturated heterocycles. The number of sulfonamides is 1. The normalized spacial score (nSPS) is 11.5. The van der Waals surface area contributed by atoms with Crippen LogP contribution in [-0.4, -0.2) is 28.1 Å². The molecular formula is C13H22N2O3S. The second-order valence-electron chi connectivity index (χ2n) is 4.21. The summed E-state index contributed by atoms with van der Waals surface area (Å²) < 4.78 is 31.5. The van der Waals surface area contributed by atoms with E-state index in [1.54, 1.807) is 12.1 Å². The van der Waals surface area contributed by atoms with Gasteiger partial charge in [0.1, 0.15) is 5.75 Å². The minimum atomic E-state index is -3.45. The number of hydrogen-bond acceptors (Lipinski definition) is 4. The molecule has 0 heterocycles. The van der Waals surface area contributed by atoms with Crippen LogP contribution in [0.2, 0.25) is 0 Å². The molecule has 5 nitrogen and oxygen atoms in total. The van der Waals surface area contributed by atoms with Crippen LogP contribution in [0.15, 0.2) is 29.2 Å². The van der Waals surface area contributed by atoms with Gasteiger partial charge in [-0.3, -0.25) is 0 Å². The van der Waals surface area contributed by atoms with Gasteiger partial charge in [-0.1, -0.05) is 19.8 Å². The Morgan fingerprint density at radius 1 is 1.21 bits per heavy atom. The Labute approximate surface area is 115 Å². The zero-order chi connectivity index (χ0) is 14.1. The van der Waals surface area contributed by atoms with Gasteiger partial charge >= 0.3 is 0 Å². The van der Waals surface area contributed by atoms with Crippen LogP contribution in [0.3, 0.4) is 0 Å². The molecule has 0 aliphatic heterocycles. The summed E-state index contributed by atoms with van der Waals surface area (Å²) in [5, 5.41) is 0. The summed E-state index contributed by atoms with van der Waals surface area (Å²) in [6.45, 7) is 3.30. The first-order valence-electron chi connectivity index (χ1n) is 6.52. The van der Waals surface area contributed by atoms with Crippen molar-refractivity contribution in [3.63, 3.8) is 0 Å². The molecule has 0 saturated carbocycles. The molecule has 0 atom stereocenters. The average molecular weight is 286 g/mol. The van der Waals surface area contributed by atoms with Gasteiger partial charge in [-0.05, 0) is 30.7 Å². The lowest BCUT2D eigenvalue weighted by molar-refractivity contribution is 0.306.